The van der Waals surface area contributed by atoms with E-state index in [0.717, 1.165) is 22.2 Å². The first-order valence-electron chi connectivity index (χ1n) is 5.33. The molecule has 2 rings (SSSR count). The highest BCUT2D eigenvalue weighted by Crippen LogP contribution is 2.31. The summed E-state index contributed by atoms with van der Waals surface area (Å²) >= 11 is 6.71. The van der Waals surface area contributed by atoms with Crippen molar-refractivity contribution in [3.63, 3.8) is 0 Å². The Morgan fingerprint density at radius 1 is 1.28 bits per heavy atom. The lowest BCUT2D eigenvalue weighted by molar-refractivity contribution is -0.122. The van der Waals surface area contributed by atoms with Gasteiger partial charge in [-0.2, -0.15) is 0 Å². The van der Waals surface area contributed by atoms with Crippen molar-refractivity contribution in [1.29, 1.82) is 0 Å². The molecular formula is C12H11ClN2O2S. The van der Waals surface area contributed by atoms with Crippen LogP contribution in [0.25, 0.3) is 6.08 Å². The summed E-state index contributed by atoms with van der Waals surface area (Å²) in [6, 6.07) is 7.05. The van der Waals surface area contributed by atoms with Crippen molar-refractivity contribution >= 4 is 40.6 Å². The van der Waals surface area contributed by atoms with Crippen LogP contribution in [0.2, 0.25) is 5.02 Å². The van der Waals surface area contributed by atoms with Gasteiger partial charge in [-0.1, -0.05) is 23.7 Å². The maximum atomic E-state index is 11.9. The van der Waals surface area contributed by atoms with E-state index in [4.69, 9.17) is 17.3 Å². The fourth-order valence-corrected chi connectivity index (χ4v) is 2.52. The Labute approximate surface area is 114 Å². The fourth-order valence-electron chi connectivity index (χ4n) is 1.53. The third-order valence-electron chi connectivity index (χ3n) is 2.39. The van der Waals surface area contributed by atoms with Crippen molar-refractivity contribution in [3.05, 3.63) is 39.8 Å². The highest BCUT2D eigenvalue weighted by atomic mass is 35.5. The number of benzene rings is 1. The minimum absolute atomic E-state index is 0.253. The maximum absolute atomic E-state index is 11.9. The number of hydrogen-bond acceptors (Lipinski definition) is 4. The molecule has 1 aromatic rings. The van der Waals surface area contributed by atoms with Gasteiger partial charge >= 0.3 is 0 Å². The lowest BCUT2D eigenvalue weighted by atomic mass is 10.2. The lowest BCUT2D eigenvalue weighted by Gasteiger charge is -2.09. The first kappa shape index (κ1) is 13.1. The summed E-state index contributed by atoms with van der Waals surface area (Å²) in [5, 5.41) is 0.356. The van der Waals surface area contributed by atoms with E-state index < -0.39 is 0 Å². The summed E-state index contributed by atoms with van der Waals surface area (Å²) in [5.74, 6) is -0.287. The molecule has 0 spiro atoms. The van der Waals surface area contributed by atoms with Gasteiger partial charge in [0.05, 0.1) is 4.91 Å². The van der Waals surface area contributed by atoms with Gasteiger partial charge in [0, 0.05) is 18.1 Å². The number of nitrogens with two attached hydrogens (primary N) is 1. The molecule has 0 unspecified atom stereocenters. The maximum Gasteiger partial charge on any atom is 0.293 e. The van der Waals surface area contributed by atoms with Gasteiger partial charge in [-0.05, 0) is 35.5 Å². The van der Waals surface area contributed by atoms with Crippen LogP contribution in [0.5, 0.6) is 0 Å². The van der Waals surface area contributed by atoms with E-state index >= 15 is 0 Å². The molecule has 4 nitrogen and oxygen atoms in total. The van der Waals surface area contributed by atoms with Crippen molar-refractivity contribution in [2.45, 2.75) is 0 Å². The summed E-state index contributed by atoms with van der Waals surface area (Å²) in [4.78, 5) is 25.1. The van der Waals surface area contributed by atoms with Crippen LogP contribution in [-0.2, 0) is 4.79 Å². The summed E-state index contributed by atoms with van der Waals surface area (Å²) in [6.45, 7) is 0.523. The summed E-state index contributed by atoms with van der Waals surface area (Å²) < 4.78 is 0. The average Bonchev–Trinajstić information content (AvgIpc) is 2.60. The molecule has 1 aliphatic heterocycles. The third-order valence-corrected chi connectivity index (χ3v) is 3.55. The number of halogens is 1. The predicted octanol–water partition coefficient (Wildman–Crippen LogP) is 2.33. The number of thioether (sulfide) groups is 1. The van der Waals surface area contributed by atoms with Gasteiger partial charge in [-0.3, -0.25) is 14.5 Å². The van der Waals surface area contributed by atoms with Crippen LogP contribution in [0.4, 0.5) is 4.79 Å². The quantitative estimate of drug-likeness (QED) is 0.864. The molecule has 18 heavy (non-hydrogen) atoms. The minimum atomic E-state index is -0.287. The van der Waals surface area contributed by atoms with Crippen LogP contribution in [-0.4, -0.2) is 29.1 Å². The normalized spacial score (nSPS) is 17.9. The Morgan fingerprint density at radius 3 is 2.56 bits per heavy atom. The second-order valence-electron chi connectivity index (χ2n) is 3.67. The molecule has 6 heteroatoms. The van der Waals surface area contributed by atoms with Crippen LogP contribution >= 0.6 is 23.4 Å². The Bertz CT molecular complexity index is 513. The van der Waals surface area contributed by atoms with E-state index in [-0.39, 0.29) is 24.2 Å². The monoisotopic (exact) mass is 282 g/mol. The Balaban J connectivity index is 2.22. The topological polar surface area (TPSA) is 63.4 Å². The van der Waals surface area contributed by atoms with Gasteiger partial charge in [0.2, 0.25) is 0 Å². The van der Waals surface area contributed by atoms with Gasteiger partial charge < -0.3 is 5.73 Å². The zero-order valence-electron chi connectivity index (χ0n) is 9.43. The second kappa shape index (κ2) is 5.56. The van der Waals surface area contributed by atoms with E-state index in [2.05, 4.69) is 0 Å². The molecule has 1 heterocycles. The largest absolute Gasteiger partial charge is 0.329 e. The van der Waals surface area contributed by atoms with E-state index in [0.29, 0.717) is 9.93 Å². The molecule has 0 saturated carbocycles. The summed E-state index contributed by atoms with van der Waals surface area (Å²) in [7, 11) is 0. The minimum Gasteiger partial charge on any atom is -0.329 e. The van der Waals surface area contributed by atoms with Crippen LogP contribution in [0.3, 0.4) is 0 Å². The van der Waals surface area contributed by atoms with Crippen molar-refractivity contribution in [1.82, 2.24) is 4.90 Å². The van der Waals surface area contributed by atoms with Gasteiger partial charge in [0.15, 0.2) is 0 Å². The SMILES string of the molecule is NCCN1C(=O)S/C(=C/c2ccc(Cl)cc2)C1=O. The highest BCUT2D eigenvalue weighted by Gasteiger charge is 2.34. The first-order valence-corrected chi connectivity index (χ1v) is 6.52. The van der Waals surface area contributed by atoms with Gasteiger partial charge in [-0.15, -0.1) is 0 Å². The predicted molar refractivity (Wildman–Crippen MR) is 73.2 cm³/mol. The zero-order chi connectivity index (χ0) is 13.1. The average molecular weight is 283 g/mol. The van der Waals surface area contributed by atoms with Crippen LogP contribution in [0, 0.1) is 0 Å². The lowest BCUT2D eigenvalue weighted by Crippen LogP contribution is -2.33. The molecule has 1 aliphatic rings. The number of rotatable bonds is 3. The fraction of sp³-hybridized carbons (Fsp3) is 0.167. The molecular weight excluding hydrogens is 272 g/mol. The van der Waals surface area contributed by atoms with Gasteiger partial charge in [0.1, 0.15) is 0 Å². The molecule has 2 N–H and O–H groups in total. The van der Waals surface area contributed by atoms with E-state index in [1.54, 1.807) is 30.3 Å². The van der Waals surface area contributed by atoms with E-state index in [9.17, 15) is 9.59 Å². The number of carbonyl (C=O) groups is 2. The van der Waals surface area contributed by atoms with Crippen LogP contribution in [0.1, 0.15) is 5.56 Å². The second-order valence-corrected chi connectivity index (χ2v) is 5.10. The van der Waals surface area contributed by atoms with Gasteiger partial charge in [-0.25, -0.2) is 0 Å². The van der Waals surface area contributed by atoms with Crippen LogP contribution < -0.4 is 5.73 Å². The van der Waals surface area contributed by atoms with E-state index in [1.165, 1.54) is 0 Å². The molecule has 0 aliphatic carbocycles. The van der Waals surface area contributed by atoms with Crippen molar-refractivity contribution in [3.8, 4) is 0 Å². The molecule has 0 atom stereocenters. The number of carbonyl (C=O) groups excluding carboxylic acids is 2. The highest BCUT2D eigenvalue weighted by molar-refractivity contribution is 8.18. The molecule has 1 aromatic carbocycles. The molecule has 2 amide bonds. The molecule has 0 radical (unpaired) electrons. The van der Waals surface area contributed by atoms with Crippen molar-refractivity contribution in [2.75, 3.05) is 13.1 Å². The number of hydrogen-bond donors (Lipinski definition) is 1. The standard InChI is InChI=1S/C12H11ClN2O2S/c13-9-3-1-8(2-4-9)7-10-11(16)15(6-5-14)12(17)18-10/h1-4,7H,5-6,14H2/b10-7+. The molecule has 0 aromatic heterocycles. The zero-order valence-corrected chi connectivity index (χ0v) is 11.0. The number of imide groups is 1. The number of nitrogens with zero attached hydrogens (tertiary/aromatic N) is 1. The summed E-state index contributed by atoms with van der Waals surface area (Å²) in [5.41, 5.74) is 6.19. The number of amides is 2. The third kappa shape index (κ3) is 2.75. The van der Waals surface area contributed by atoms with Crippen molar-refractivity contribution < 1.29 is 9.59 Å². The molecule has 94 valence electrons. The van der Waals surface area contributed by atoms with Crippen molar-refractivity contribution in [2.24, 2.45) is 5.73 Å². The molecule has 0 bridgehead atoms. The Kier molecular flexibility index (Phi) is 4.06. The molecule has 1 saturated heterocycles. The Hall–Kier alpha value is -1.30. The Morgan fingerprint density at radius 2 is 1.94 bits per heavy atom. The van der Waals surface area contributed by atoms with Gasteiger partial charge in [0.25, 0.3) is 11.1 Å². The molecule has 1 fully saturated rings. The van der Waals surface area contributed by atoms with E-state index in [1.807, 2.05) is 0 Å². The summed E-state index contributed by atoms with van der Waals surface area (Å²) in [6.07, 6.45) is 1.68. The first-order chi connectivity index (χ1) is 8.61. The smallest absolute Gasteiger partial charge is 0.293 e. The van der Waals surface area contributed by atoms with Crippen LogP contribution in [0.15, 0.2) is 29.2 Å².